The zero-order chi connectivity index (χ0) is 14.5. The van der Waals surface area contributed by atoms with Crippen LogP contribution in [0.1, 0.15) is 25.5 Å². The first-order valence-electron chi connectivity index (χ1n) is 6.55. The van der Waals surface area contributed by atoms with Crippen molar-refractivity contribution in [3.05, 3.63) is 58.3 Å². The number of rotatable bonds is 5. The van der Waals surface area contributed by atoms with E-state index in [0.29, 0.717) is 4.47 Å². The van der Waals surface area contributed by atoms with Crippen LogP contribution in [-0.4, -0.2) is 5.75 Å². The monoisotopic (exact) mass is 353 g/mol. The van der Waals surface area contributed by atoms with Gasteiger partial charge in [0.2, 0.25) is 0 Å². The van der Waals surface area contributed by atoms with Gasteiger partial charge >= 0.3 is 0 Å². The van der Waals surface area contributed by atoms with Crippen molar-refractivity contribution in [1.82, 2.24) is 0 Å². The van der Waals surface area contributed by atoms with Gasteiger partial charge in [0.05, 0.1) is 4.47 Å². The predicted molar refractivity (Wildman–Crippen MR) is 89.0 cm³/mol. The van der Waals surface area contributed by atoms with E-state index in [1.54, 1.807) is 0 Å². The van der Waals surface area contributed by atoms with Gasteiger partial charge < -0.3 is 5.32 Å². The number of halogens is 2. The van der Waals surface area contributed by atoms with E-state index in [9.17, 15) is 4.39 Å². The van der Waals surface area contributed by atoms with Crippen LogP contribution in [0.3, 0.4) is 0 Å². The number of anilines is 1. The van der Waals surface area contributed by atoms with Crippen molar-refractivity contribution in [2.45, 2.75) is 24.8 Å². The van der Waals surface area contributed by atoms with Gasteiger partial charge in [-0.15, -0.1) is 11.8 Å². The van der Waals surface area contributed by atoms with E-state index in [1.165, 1.54) is 11.0 Å². The van der Waals surface area contributed by atoms with Crippen LogP contribution in [0.5, 0.6) is 0 Å². The lowest BCUT2D eigenvalue weighted by Gasteiger charge is -2.18. The summed E-state index contributed by atoms with van der Waals surface area (Å²) in [6.07, 6.45) is 0. The average molecular weight is 354 g/mol. The molecule has 4 heteroatoms. The molecule has 0 aromatic heterocycles. The molecule has 0 heterocycles. The molecule has 0 fully saturated rings. The molecule has 2 aromatic rings. The Morgan fingerprint density at radius 2 is 2.00 bits per heavy atom. The van der Waals surface area contributed by atoms with Crippen LogP contribution in [0.2, 0.25) is 0 Å². The van der Waals surface area contributed by atoms with Crippen LogP contribution >= 0.6 is 27.7 Å². The van der Waals surface area contributed by atoms with Crippen LogP contribution in [0.25, 0.3) is 0 Å². The second-order valence-electron chi connectivity index (χ2n) is 4.47. The second-order valence-corrected chi connectivity index (χ2v) is 6.63. The SMILES string of the molecule is CCSc1ccccc1NC(C)c1ccc(F)c(Br)c1. The summed E-state index contributed by atoms with van der Waals surface area (Å²) in [7, 11) is 0. The molecule has 0 radical (unpaired) electrons. The summed E-state index contributed by atoms with van der Waals surface area (Å²) in [5, 5.41) is 3.49. The van der Waals surface area contributed by atoms with Crippen LogP contribution in [-0.2, 0) is 0 Å². The lowest BCUT2D eigenvalue weighted by Crippen LogP contribution is -2.07. The average Bonchev–Trinajstić information content (AvgIpc) is 2.44. The van der Waals surface area contributed by atoms with E-state index in [-0.39, 0.29) is 11.9 Å². The molecule has 106 valence electrons. The Labute approximate surface area is 132 Å². The minimum Gasteiger partial charge on any atom is -0.378 e. The van der Waals surface area contributed by atoms with Crippen LogP contribution in [0, 0.1) is 5.82 Å². The fraction of sp³-hybridized carbons (Fsp3) is 0.250. The fourth-order valence-corrected chi connectivity index (χ4v) is 3.13. The summed E-state index contributed by atoms with van der Waals surface area (Å²) < 4.78 is 13.8. The van der Waals surface area contributed by atoms with E-state index < -0.39 is 0 Å². The molecule has 2 rings (SSSR count). The molecule has 0 saturated carbocycles. The number of nitrogens with one attached hydrogen (secondary N) is 1. The third kappa shape index (κ3) is 3.76. The van der Waals surface area contributed by atoms with Gasteiger partial charge in [-0.3, -0.25) is 0 Å². The zero-order valence-electron chi connectivity index (χ0n) is 11.5. The molecular formula is C16H17BrFNS. The normalized spacial score (nSPS) is 12.2. The number of hydrogen-bond acceptors (Lipinski definition) is 2. The maximum Gasteiger partial charge on any atom is 0.137 e. The molecule has 0 aliphatic rings. The number of benzene rings is 2. The smallest absolute Gasteiger partial charge is 0.137 e. The summed E-state index contributed by atoms with van der Waals surface area (Å²) in [4.78, 5) is 1.24. The van der Waals surface area contributed by atoms with E-state index in [2.05, 4.69) is 47.2 Å². The van der Waals surface area contributed by atoms with Crippen molar-refractivity contribution >= 4 is 33.4 Å². The van der Waals surface area contributed by atoms with Crippen molar-refractivity contribution in [2.24, 2.45) is 0 Å². The maximum atomic E-state index is 13.3. The van der Waals surface area contributed by atoms with Crippen molar-refractivity contribution < 1.29 is 4.39 Å². The van der Waals surface area contributed by atoms with Crippen molar-refractivity contribution in [1.29, 1.82) is 0 Å². The highest BCUT2D eigenvalue weighted by Crippen LogP contribution is 2.30. The fourth-order valence-electron chi connectivity index (χ4n) is 1.97. The van der Waals surface area contributed by atoms with Crippen molar-refractivity contribution in [3.63, 3.8) is 0 Å². The molecule has 0 bridgehead atoms. The maximum absolute atomic E-state index is 13.3. The molecule has 1 N–H and O–H groups in total. The second kappa shape index (κ2) is 7.14. The minimum atomic E-state index is -0.233. The number of para-hydroxylation sites is 1. The first-order chi connectivity index (χ1) is 9.61. The molecule has 1 nitrogen and oxygen atoms in total. The Hall–Kier alpha value is -1.00. The van der Waals surface area contributed by atoms with Crippen molar-refractivity contribution in [2.75, 3.05) is 11.1 Å². The van der Waals surface area contributed by atoms with Gasteiger partial charge in [-0.1, -0.05) is 25.1 Å². The Bertz CT molecular complexity index is 588. The molecule has 0 spiro atoms. The summed E-state index contributed by atoms with van der Waals surface area (Å²) in [5.41, 5.74) is 2.17. The first-order valence-corrected chi connectivity index (χ1v) is 8.33. The van der Waals surface area contributed by atoms with E-state index in [0.717, 1.165) is 17.0 Å². The van der Waals surface area contributed by atoms with E-state index in [4.69, 9.17) is 0 Å². The lowest BCUT2D eigenvalue weighted by molar-refractivity contribution is 0.619. The minimum absolute atomic E-state index is 0.116. The molecule has 20 heavy (non-hydrogen) atoms. The summed E-state index contributed by atoms with van der Waals surface area (Å²) >= 11 is 5.05. The van der Waals surface area contributed by atoms with Gasteiger partial charge in [-0.25, -0.2) is 4.39 Å². The quantitative estimate of drug-likeness (QED) is 0.674. The summed E-state index contributed by atoms with van der Waals surface area (Å²) in [6, 6.07) is 13.5. The van der Waals surface area contributed by atoms with Gasteiger partial charge in [-0.2, -0.15) is 0 Å². The first kappa shape index (κ1) is 15.4. The Balaban J connectivity index is 2.18. The molecular weight excluding hydrogens is 337 g/mol. The Morgan fingerprint density at radius 1 is 1.25 bits per heavy atom. The lowest BCUT2D eigenvalue weighted by atomic mass is 10.1. The van der Waals surface area contributed by atoms with Gasteiger partial charge in [0.1, 0.15) is 5.82 Å². The topological polar surface area (TPSA) is 12.0 Å². The standard InChI is InChI=1S/C16H17BrFNS/c1-3-20-16-7-5-4-6-15(16)19-11(2)12-8-9-14(18)13(17)10-12/h4-11,19H,3H2,1-2H3. The molecule has 0 amide bonds. The third-order valence-corrected chi connectivity index (χ3v) is 4.57. The molecule has 0 aliphatic heterocycles. The highest BCUT2D eigenvalue weighted by Gasteiger charge is 2.10. The molecule has 1 unspecified atom stereocenters. The van der Waals surface area contributed by atoms with Gasteiger partial charge in [0.25, 0.3) is 0 Å². The van der Waals surface area contributed by atoms with Gasteiger partial charge in [0.15, 0.2) is 0 Å². The van der Waals surface area contributed by atoms with Gasteiger partial charge in [0, 0.05) is 16.6 Å². The summed E-state index contributed by atoms with van der Waals surface area (Å²) in [5.74, 6) is 0.803. The number of hydrogen-bond donors (Lipinski definition) is 1. The molecule has 2 aromatic carbocycles. The Morgan fingerprint density at radius 3 is 2.70 bits per heavy atom. The van der Waals surface area contributed by atoms with Crippen molar-refractivity contribution in [3.8, 4) is 0 Å². The largest absolute Gasteiger partial charge is 0.378 e. The van der Waals surface area contributed by atoms with Crippen LogP contribution in [0.15, 0.2) is 51.8 Å². The molecule has 1 atom stereocenters. The van der Waals surface area contributed by atoms with Gasteiger partial charge in [-0.05, 0) is 58.4 Å². The van der Waals surface area contributed by atoms with E-state index in [1.807, 2.05) is 36.0 Å². The summed E-state index contributed by atoms with van der Waals surface area (Å²) in [6.45, 7) is 4.22. The zero-order valence-corrected chi connectivity index (χ0v) is 13.9. The third-order valence-electron chi connectivity index (χ3n) is 3.00. The van der Waals surface area contributed by atoms with E-state index >= 15 is 0 Å². The van der Waals surface area contributed by atoms with Crippen LogP contribution < -0.4 is 5.32 Å². The highest BCUT2D eigenvalue weighted by molar-refractivity contribution is 9.10. The number of thioether (sulfide) groups is 1. The predicted octanol–water partition coefficient (Wildman–Crippen LogP) is 5.87. The Kier molecular flexibility index (Phi) is 5.49. The molecule has 0 aliphatic carbocycles. The van der Waals surface area contributed by atoms with Crippen LogP contribution in [0.4, 0.5) is 10.1 Å². The highest BCUT2D eigenvalue weighted by atomic mass is 79.9. The molecule has 0 saturated heterocycles.